The van der Waals surface area contributed by atoms with Crippen LogP contribution in [0.1, 0.15) is 0 Å². The highest BCUT2D eigenvalue weighted by Gasteiger charge is 2.88. The molecule has 0 aromatic heterocycles. The lowest BCUT2D eigenvalue weighted by molar-refractivity contribution is -0.327. The van der Waals surface area contributed by atoms with Crippen LogP contribution in [0.2, 0.25) is 0 Å². The summed E-state index contributed by atoms with van der Waals surface area (Å²) in [5.41, 5.74) is 0. The molecule has 0 aliphatic heterocycles. The topological polar surface area (TPSA) is 197 Å². The first-order valence-electron chi connectivity index (χ1n) is 27.7. The van der Waals surface area contributed by atoms with E-state index in [1.807, 2.05) is 0 Å². The van der Waals surface area contributed by atoms with E-state index in [2.05, 4.69) is 39.5 Å². The lowest BCUT2D eigenvalue weighted by atomic mass is 10.2. The minimum atomic E-state index is -7.96. The van der Waals surface area contributed by atoms with E-state index in [-0.39, 0.29) is 114 Å². The van der Waals surface area contributed by atoms with Gasteiger partial charge in [0.05, 0.1) is 37.6 Å². The maximum Gasteiger partial charge on any atom is 0.439 e. The van der Waals surface area contributed by atoms with Crippen molar-refractivity contribution >= 4 is 40.9 Å². The van der Waals surface area contributed by atoms with Crippen LogP contribution in [0, 0.1) is 0 Å². The monoisotopic (exact) mass is 1400 g/mol. The van der Waals surface area contributed by atoms with Crippen LogP contribution >= 0.6 is 20.6 Å². The van der Waals surface area contributed by atoms with E-state index in [1.54, 1.807) is 0 Å². The number of benzene rings is 6. The van der Waals surface area contributed by atoms with E-state index in [0.29, 0.717) is 0 Å². The maximum atomic E-state index is 17.2. The Hall–Kier alpha value is -8.68. The Labute approximate surface area is 542 Å². The van der Waals surface area contributed by atoms with Gasteiger partial charge in [0.2, 0.25) is 0 Å². The van der Waals surface area contributed by atoms with E-state index in [4.69, 9.17) is 64.1 Å². The van der Waals surface area contributed by atoms with Crippen molar-refractivity contribution in [2.75, 3.05) is 79.3 Å². The van der Waals surface area contributed by atoms with Gasteiger partial charge >= 0.3 is 42.6 Å². The van der Waals surface area contributed by atoms with Crippen molar-refractivity contribution in [2.24, 2.45) is 0 Å². The lowest BCUT2D eigenvalue weighted by Crippen LogP contribution is -2.66. The molecule has 0 fully saturated rings. The summed E-state index contributed by atoms with van der Waals surface area (Å²) < 4.78 is 271. The zero-order valence-electron chi connectivity index (χ0n) is 50.1. The molecule has 0 N–H and O–H groups in total. The Balaban J connectivity index is 1.53. The van der Waals surface area contributed by atoms with Gasteiger partial charge in [-0.05, 0) is 166 Å². The molecule has 6 rings (SSSR count). The summed E-state index contributed by atoms with van der Waals surface area (Å²) in [7, 11) is -25.0. The minimum absolute atomic E-state index is 0.0285. The van der Waals surface area contributed by atoms with E-state index >= 15 is 35.1 Å². The fourth-order valence-corrected chi connectivity index (χ4v) is 18.5. The molecule has 6 aromatic rings. The Kier molecular flexibility index (Phi) is 26.9. The third-order valence-electron chi connectivity index (χ3n) is 12.6. The number of halogens is 8. The highest BCUT2D eigenvalue weighted by Crippen LogP contribution is 2.74. The molecule has 0 aliphatic rings. The van der Waals surface area contributed by atoms with Gasteiger partial charge in [-0.25, -0.2) is 7.26 Å². The first kappa shape index (κ1) is 74.4. The van der Waals surface area contributed by atoms with Gasteiger partial charge < -0.3 is 56.8 Å². The fraction of sp³-hybridized carbons (Fsp3) is 0.250. The molecule has 0 spiro atoms. The van der Waals surface area contributed by atoms with Crippen LogP contribution in [0.4, 0.5) is 35.1 Å². The minimum Gasteiger partial charge on any atom is -0.498 e. The van der Waals surface area contributed by atoms with Crippen LogP contribution in [-0.4, -0.2) is 118 Å². The average molecular weight is 1400 g/mol. The molecule has 0 saturated carbocycles. The summed E-state index contributed by atoms with van der Waals surface area (Å²) in [5, 5.41) is -15.0. The standard InChI is InChI=1S/C64H66F8O18S4/c1-7-77-37-43-83-49-13-25-55(26-14-49)91(56-27-15-50(16-28-56)84-44-38-78-8-2,57-29-17-51(18-30-57)85-45-39-79-9-3)89-93(73,74)63(69,70)61(65,66)62(67,68)64(71,72)94(75,76)90-92(58-31-19-52(20-32-58)86-46-40-80-10-4,59-33-21-53(22-34-59)87-47-41-81-11-5)60-35-23-54(24-36-60)88-48-42-82-12-6/h7-36H,1-6,37-48H2. The number of ether oxygens (including phenoxy) is 12. The molecule has 0 bridgehead atoms. The van der Waals surface area contributed by atoms with Crippen LogP contribution in [0.5, 0.6) is 34.5 Å². The van der Waals surface area contributed by atoms with Crippen molar-refractivity contribution in [1.82, 2.24) is 0 Å². The molecule has 510 valence electrons. The average Bonchev–Trinajstić information content (AvgIpc) is 0.702. The van der Waals surface area contributed by atoms with Crippen LogP contribution in [0.3, 0.4) is 0 Å². The predicted molar refractivity (Wildman–Crippen MR) is 333 cm³/mol. The predicted octanol–water partition coefficient (Wildman–Crippen LogP) is 15.2. The second kappa shape index (κ2) is 33.9. The van der Waals surface area contributed by atoms with E-state index in [9.17, 15) is 16.8 Å². The summed E-state index contributed by atoms with van der Waals surface area (Å²) in [4.78, 5) is -2.65. The molecule has 0 radical (unpaired) electrons. The third kappa shape index (κ3) is 17.4. The molecule has 18 nitrogen and oxygen atoms in total. The number of hydrogen-bond acceptors (Lipinski definition) is 18. The molecule has 30 heteroatoms. The summed E-state index contributed by atoms with van der Waals surface area (Å²) in [6.07, 6.45) is 6.75. The van der Waals surface area contributed by atoms with Crippen molar-refractivity contribution in [2.45, 2.75) is 51.7 Å². The van der Waals surface area contributed by atoms with Gasteiger partial charge in [0.25, 0.3) is 0 Å². The van der Waals surface area contributed by atoms with Gasteiger partial charge in [-0.3, -0.25) is 0 Å². The maximum absolute atomic E-state index is 17.2. The Morgan fingerprint density at radius 2 is 0.415 bits per heavy atom. The summed E-state index contributed by atoms with van der Waals surface area (Å²) in [6, 6.07) is 27.0. The van der Waals surface area contributed by atoms with E-state index in [1.165, 1.54) is 72.8 Å². The Morgan fingerprint density at radius 3 is 0.553 bits per heavy atom. The summed E-state index contributed by atoms with van der Waals surface area (Å²) in [5.74, 6) is -15.7. The molecular formula is C64H66F8O18S4. The second-order valence-electron chi connectivity index (χ2n) is 18.5. The molecule has 0 heterocycles. The molecule has 0 unspecified atom stereocenters. The van der Waals surface area contributed by atoms with Gasteiger partial charge in [0, 0.05) is 29.4 Å². The first-order valence-corrected chi connectivity index (χ1v) is 33.6. The highest BCUT2D eigenvalue weighted by molar-refractivity contribution is 8.33. The summed E-state index contributed by atoms with van der Waals surface area (Å²) in [6.45, 7) is 19.7. The van der Waals surface area contributed by atoms with Gasteiger partial charge in [-0.1, -0.05) is 39.5 Å². The second-order valence-corrected chi connectivity index (χ2v) is 27.5. The fourth-order valence-electron chi connectivity index (χ4n) is 8.20. The van der Waals surface area contributed by atoms with Crippen molar-refractivity contribution in [1.29, 1.82) is 0 Å². The van der Waals surface area contributed by atoms with E-state index < -0.39 is 92.6 Å². The molecule has 0 saturated heterocycles. The number of alkyl halides is 8. The quantitative estimate of drug-likeness (QED) is 0.0198. The normalized spacial score (nSPS) is 12.6. The van der Waals surface area contributed by atoms with Crippen molar-refractivity contribution < 1.29 is 116 Å². The molecule has 94 heavy (non-hydrogen) atoms. The van der Waals surface area contributed by atoms with Gasteiger partial charge in [-0.2, -0.15) is 52.0 Å². The molecule has 0 atom stereocenters. The SMILES string of the molecule is C=COCCOc1ccc(S(OS(=O)(=O)C(F)(F)C(F)(F)C(F)(F)C(F)(F)S(=O)(=O)OS(c2ccc(OCCOC=C)cc2)(c2ccc(OCCOC=C)cc2)c2ccc(OCCOC=C)cc2)(c2ccc(OCCOC=C)cc2)c2ccc(OCCOC=C)cc2)cc1. The number of rotatable bonds is 45. The van der Waals surface area contributed by atoms with Gasteiger partial charge in [-0.15, -0.1) is 0 Å². The molecule has 6 aromatic carbocycles. The largest absolute Gasteiger partial charge is 0.498 e. The number of hydrogen-bond donors (Lipinski definition) is 0. The zero-order valence-corrected chi connectivity index (χ0v) is 53.3. The van der Waals surface area contributed by atoms with Crippen molar-refractivity contribution in [3.63, 3.8) is 0 Å². The smallest absolute Gasteiger partial charge is 0.439 e. The third-order valence-corrected chi connectivity index (χ3v) is 23.0. The lowest BCUT2D eigenvalue weighted by Gasteiger charge is -2.43. The Morgan fingerprint density at radius 1 is 0.266 bits per heavy atom. The van der Waals surface area contributed by atoms with Crippen molar-refractivity contribution in [3.8, 4) is 34.5 Å². The van der Waals surface area contributed by atoms with Gasteiger partial charge in [0.1, 0.15) is 114 Å². The van der Waals surface area contributed by atoms with Crippen LogP contribution in [0.25, 0.3) is 0 Å². The van der Waals surface area contributed by atoms with Crippen molar-refractivity contribution in [3.05, 3.63) is 223 Å². The van der Waals surface area contributed by atoms with Crippen LogP contribution in [0.15, 0.2) is 252 Å². The van der Waals surface area contributed by atoms with Gasteiger partial charge in [0.15, 0.2) is 0 Å². The van der Waals surface area contributed by atoms with E-state index in [0.717, 1.165) is 110 Å². The first-order chi connectivity index (χ1) is 44.9. The molecular weight excluding hydrogens is 1340 g/mol. The van der Waals surface area contributed by atoms with Crippen LogP contribution in [-0.2, 0) is 55.9 Å². The highest BCUT2D eigenvalue weighted by atomic mass is 32.3. The summed E-state index contributed by atoms with van der Waals surface area (Å²) >= 11 is 0. The zero-order chi connectivity index (χ0) is 68.5. The molecule has 0 amide bonds. The Bertz CT molecular complexity index is 3120. The van der Waals surface area contributed by atoms with Crippen LogP contribution < -0.4 is 28.4 Å². The molecule has 0 aliphatic carbocycles.